The molecule has 2 heterocycles. The highest BCUT2D eigenvalue weighted by Crippen LogP contribution is 2.40. The summed E-state index contributed by atoms with van der Waals surface area (Å²) in [6.45, 7) is 1.82. The Kier molecular flexibility index (Phi) is 4.51. The van der Waals surface area contributed by atoms with Gasteiger partial charge in [-0.2, -0.15) is 0 Å². The minimum atomic E-state index is -0.548. The molecule has 0 radical (unpaired) electrons. The normalized spacial score (nSPS) is 23.0. The van der Waals surface area contributed by atoms with Crippen LogP contribution < -0.4 is 10.2 Å². The van der Waals surface area contributed by atoms with Gasteiger partial charge in [0.05, 0.1) is 6.04 Å². The highest BCUT2D eigenvalue weighted by Gasteiger charge is 2.47. The molecule has 2 aromatic carbocycles. The largest absolute Gasteiger partial charge is 0.314 e. The topological polar surface area (TPSA) is 35.6 Å². The van der Waals surface area contributed by atoms with Crippen molar-refractivity contribution in [3.8, 4) is 0 Å². The molecule has 1 spiro atoms. The van der Waals surface area contributed by atoms with Crippen molar-refractivity contribution in [1.29, 1.82) is 0 Å². The van der Waals surface area contributed by atoms with Gasteiger partial charge in [-0.3, -0.25) is 10.1 Å². The standard InChI is InChI=1S/C21H24ClN3O/c1-24-12-10-21(11-13-24)20(26)25(2)18-9-8-16(22)14-17(18)19(23-21)15-6-4-3-5-7-15/h3-9,14,19,23H,10-13H2,1-2H3. The molecule has 26 heavy (non-hydrogen) atoms. The van der Waals surface area contributed by atoms with Crippen molar-refractivity contribution in [2.75, 3.05) is 32.1 Å². The SMILES string of the molecule is CN1CCC2(CC1)NC(c1ccccc1)c1cc(Cl)ccc1N(C)C2=O. The second kappa shape index (κ2) is 6.69. The van der Waals surface area contributed by atoms with E-state index in [4.69, 9.17) is 11.6 Å². The van der Waals surface area contributed by atoms with Gasteiger partial charge in [0.25, 0.3) is 0 Å². The van der Waals surface area contributed by atoms with E-state index in [1.54, 1.807) is 0 Å². The number of fused-ring (bicyclic) bond motifs is 1. The molecule has 1 amide bonds. The zero-order valence-electron chi connectivity index (χ0n) is 15.2. The van der Waals surface area contributed by atoms with Gasteiger partial charge in [0, 0.05) is 30.8 Å². The number of hydrogen-bond donors (Lipinski definition) is 1. The fourth-order valence-corrected chi connectivity index (χ4v) is 4.36. The average molecular weight is 370 g/mol. The summed E-state index contributed by atoms with van der Waals surface area (Å²) in [5.41, 5.74) is 2.58. The van der Waals surface area contributed by atoms with E-state index < -0.39 is 5.54 Å². The number of hydrogen-bond acceptors (Lipinski definition) is 3. The summed E-state index contributed by atoms with van der Waals surface area (Å²) in [6, 6.07) is 16.1. The van der Waals surface area contributed by atoms with Gasteiger partial charge in [0.15, 0.2) is 0 Å². The van der Waals surface area contributed by atoms with Crippen molar-refractivity contribution >= 4 is 23.2 Å². The molecule has 1 fully saturated rings. The Hall–Kier alpha value is -1.88. The Morgan fingerprint density at radius 3 is 2.46 bits per heavy atom. The van der Waals surface area contributed by atoms with Crippen LogP contribution in [0.15, 0.2) is 48.5 Å². The van der Waals surface area contributed by atoms with Gasteiger partial charge in [0.1, 0.15) is 5.54 Å². The Bertz CT molecular complexity index is 815. The molecule has 0 bridgehead atoms. The lowest BCUT2D eigenvalue weighted by atomic mass is 9.84. The first-order valence-corrected chi connectivity index (χ1v) is 9.47. The summed E-state index contributed by atoms with van der Waals surface area (Å²) in [4.78, 5) is 17.6. The molecule has 2 aliphatic heterocycles. The van der Waals surface area contributed by atoms with Crippen LogP contribution in [-0.4, -0.2) is 43.5 Å². The highest BCUT2D eigenvalue weighted by atomic mass is 35.5. The third kappa shape index (κ3) is 2.92. The van der Waals surface area contributed by atoms with Crippen LogP contribution in [0.5, 0.6) is 0 Å². The van der Waals surface area contributed by atoms with Crippen LogP contribution in [0.25, 0.3) is 0 Å². The van der Waals surface area contributed by atoms with Crippen LogP contribution in [0.1, 0.15) is 30.0 Å². The van der Waals surface area contributed by atoms with Gasteiger partial charge < -0.3 is 9.80 Å². The number of carbonyl (C=O) groups excluding carboxylic acids is 1. The van der Waals surface area contributed by atoms with Gasteiger partial charge in [-0.25, -0.2) is 0 Å². The minimum absolute atomic E-state index is 0.0674. The number of rotatable bonds is 1. The van der Waals surface area contributed by atoms with Crippen molar-refractivity contribution in [2.45, 2.75) is 24.4 Å². The number of anilines is 1. The second-order valence-corrected chi connectivity index (χ2v) is 7.88. The summed E-state index contributed by atoms with van der Waals surface area (Å²) < 4.78 is 0. The van der Waals surface area contributed by atoms with E-state index in [0.29, 0.717) is 5.02 Å². The highest BCUT2D eigenvalue weighted by molar-refractivity contribution is 6.30. The Morgan fingerprint density at radius 1 is 1.08 bits per heavy atom. The van der Waals surface area contributed by atoms with E-state index in [1.165, 1.54) is 0 Å². The van der Waals surface area contributed by atoms with E-state index in [1.807, 2.05) is 48.3 Å². The molecule has 4 nitrogen and oxygen atoms in total. The first-order chi connectivity index (χ1) is 12.5. The lowest BCUT2D eigenvalue weighted by Crippen LogP contribution is -2.61. The van der Waals surface area contributed by atoms with Crippen molar-refractivity contribution in [2.24, 2.45) is 0 Å². The van der Waals surface area contributed by atoms with Crippen molar-refractivity contribution in [1.82, 2.24) is 10.2 Å². The summed E-state index contributed by atoms with van der Waals surface area (Å²) >= 11 is 6.33. The number of nitrogens with zero attached hydrogens (tertiary/aromatic N) is 2. The van der Waals surface area contributed by atoms with Crippen LogP contribution in [0.3, 0.4) is 0 Å². The Balaban J connectivity index is 1.86. The smallest absolute Gasteiger partial charge is 0.247 e. The molecular formula is C21H24ClN3O. The predicted molar refractivity (Wildman–Crippen MR) is 106 cm³/mol. The first-order valence-electron chi connectivity index (χ1n) is 9.09. The van der Waals surface area contributed by atoms with Crippen LogP contribution in [0, 0.1) is 0 Å². The number of likely N-dealkylation sites (N-methyl/N-ethyl adjacent to an activating group) is 1. The average Bonchev–Trinajstić information content (AvgIpc) is 2.74. The molecule has 2 aromatic rings. The van der Waals surface area contributed by atoms with Gasteiger partial charge in [-0.15, -0.1) is 0 Å². The first kappa shape index (κ1) is 17.5. The van der Waals surface area contributed by atoms with Gasteiger partial charge in [-0.05, 0) is 49.2 Å². The predicted octanol–water partition coefficient (Wildman–Crippen LogP) is 3.46. The molecule has 0 aliphatic carbocycles. The number of nitrogens with one attached hydrogen (secondary N) is 1. The molecule has 5 heteroatoms. The van der Waals surface area contributed by atoms with E-state index in [0.717, 1.165) is 42.7 Å². The fraction of sp³-hybridized carbons (Fsp3) is 0.381. The molecule has 136 valence electrons. The number of likely N-dealkylation sites (tertiary alicyclic amines) is 1. The van der Waals surface area contributed by atoms with Gasteiger partial charge in [-0.1, -0.05) is 41.9 Å². The third-order valence-corrected chi connectivity index (χ3v) is 6.01. The van der Waals surface area contributed by atoms with Crippen LogP contribution in [0.4, 0.5) is 5.69 Å². The molecule has 1 atom stereocenters. The van der Waals surface area contributed by atoms with Crippen molar-refractivity contribution in [3.05, 3.63) is 64.7 Å². The van der Waals surface area contributed by atoms with E-state index in [9.17, 15) is 4.79 Å². The quantitative estimate of drug-likeness (QED) is 0.836. The van der Waals surface area contributed by atoms with Crippen LogP contribution >= 0.6 is 11.6 Å². The molecule has 1 saturated heterocycles. The van der Waals surface area contributed by atoms with E-state index in [-0.39, 0.29) is 11.9 Å². The van der Waals surface area contributed by atoms with Crippen LogP contribution in [0.2, 0.25) is 5.02 Å². The second-order valence-electron chi connectivity index (χ2n) is 7.44. The lowest BCUT2D eigenvalue weighted by molar-refractivity contribution is -0.126. The monoisotopic (exact) mass is 369 g/mol. The molecule has 1 N–H and O–H groups in total. The van der Waals surface area contributed by atoms with Gasteiger partial charge in [0.2, 0.25) is 5.91 Å². The lowest BCUT2D eigenvalue weighted by Gasteiger charge is -2.42. The maximum absolute atomic E-state index is 13.5. The third-order valence-electron chi connectivity index (χ3n) is 5.77. The Labute approximate surface area is 159 Å². The minimum Gasteiger partial charge on any atom is -0.314 e. The molecule has 0 aromatic heterocycles. The molecule has 2 aliphatic rings. The molecule has 4 rings (SSSR count). The molecular weight excluding hydrogens is 346 g/mol. The summed E-state index contributed by atoms with van der Waals surface area (Å²) in [5.74, 6) is 0.146. The van der Waals surface area contributed by atoms with Crippen LogP contribution in [-0.2, 0) is 4.79 Å². The van der Waals surface area contributed by atoms with E-state index >= 15 is 0 Å². The summed E-state index contributed by atoms with van der Waals surface area (Å²) in [7, 11) is 3.99. The van der Waals surface area contributed by atoms with Gasteiger partial charge >= 0.3 is 0 Å². The zero-order valence-corrected chi connectivity index (χ0v) is 16.0. The maximum atomic E-state index is 13.5. The number of halogens is 1. The maximum Gasteiger partial charge on any atom is 0.247 e. The number of piperidine rings is 1. The zero-order chi connectivity index (χ0) is 18.3. The van der Waals surface area contributed by atoms with Crippen molar-refractivity contribution < 1.29 is 4.79 Å². The summed E-state index contributed by atoms with van der Waals surface area (Å²) in [5, 5.41) is 4.44. The fourth-order valence-electron chi connectivity index (χ4n) is 4.18. The Morgan fingerprint density at radius 2 is 1.77 bits per heavy atom. The molecule has 0 saturated carbocycles. The summed E-state index contributed by atoms with van der Waals surface area (Å²) in [6.07, 6.45) is 1.61. The number of amides is 1. The van der Waals surface area contributed by atoms with Crippen molar-refractivity contribution in [3.63, 3.8) is 0 Å². The number of benzene rings is 2. The number of carbonyl (C=O) groups is 1. The van der Waals surface area contributed by atoms with E-state index in [2.05, 4.69) is 29.4 Å². The molecule has 1 unspecified atom stereocenters.